The molecule has 1 rings (SSSR count). The summed E-state index contributed by atoms with van der Waals surface area (Å²) in [4.78, 5) is 25.9. The zero-order valence-electron chi connectivity index (χ0n) is 16.3. The summed E-state index contributed by atoms with van der Waals surface area (Å²) >= 11 is 0. The lowest BCUT2D eigenvalue weighted by atomic mass is 9.96. The van der Waals surface area contributed by atoms with Crippen molar-refractivity contribution in [2.45, 2.75) is 38.5 Å². The fraction of sp³-hybridized carbons (Fsp3) is 0.526. The molecule has 0 bridgehead atoms. The summed E-state index contributed by atoms with van der Waals surface area (Å²) in [6.45, 7) is 2.89. The van der Waals surface area contributed by atoms with Gasteiger partial charge in [0.1, 0.15) is 6.04 Å². The van der Waals surface area contributed by atoms with Crippen molar-refractivity contribution >= 4 is 11.8 Å². The van der Waals surface area contributed by atoms with Crippen LogP contribution in [0.3, 0.4) is 0 Å². The molecule has 154 valence electrons. The highest BCUT2D eigenvalue weighted by Gasteiger charge is 2.48. The molecule has 0 aliphatic rings. The van der Waals surface area contributed by atoms with Gasteiger partial charge in [-0.1, -0.05) is 26.0 Å². The van der Waals surface area contributed by atoms with Crippen LogP contribution in [-0.2, 0) is 4.79 Å². The third kappa shape index (κ3) is 5.96. The maximum absolute atomic E-state index is 13.9. The van der Waals surface area contributed by atoms with E-state index in [4.69, 9.17) is 11.0 Å². The fourth-order valence-electron chi connectivity index (χ4n) is 2.96. The van der Waals surface area contributed by atoms with Crippen LogP contribution < -0.4 is 5.73 Å². The van der Waals surface area contributed by atoms with Crippen LogP contribution in [0.2, 0.25) is 0 Å². The first-order chi connectivity index (χ1) is 12.9. The van der Waals surface area contributed by atoms with Crippen LogP contribution in [-0.4, -0.2) is 54.5 Å². The van der Waals surface area contributed by atoms with Gasteiger partial charge in [-0.05, 0) is 30.0 Å². The van der Waals surface area contributed by atoms with E-state index in [1.807, 2.05) is 0 Å². The Morgan fingerprint density at radius 3 is 2.07 bits per heavy atom. The van der Waals surface area contributed by atoms with E-state index < -0.39 is 30.7 Å². The fourth-order valence-corrected chi connectivity index (χ4v) is 2.96. The number of halogens is 3. The Balaban J connectivity index is 3.43. The van der Waals surface area contributed by atoms with Crippen molar-refractivity contribution in [3.8, 4) is 6.07 Å². The Hall–Kier alpha value is -2.60. The van der Waals surface area contributed by atoms with E-state index >= 15 is 0 Å². The van der Waals surface area contributed by atoms with Gasteiger partial charge in [0.25, 0.3) is 5.91 Å². The zero-order valence-corrected chi connectivity index (χ0v) is 16.3. The molecule has 2 N–H and O–H groups in total. The van der Waals surface area contributed by atoms with Gasteiger partial charge < -0.3 is 10.6 Å². The van der Waals surface area contributed by atoms with Gasteiger partial charge >= 0.3 is 6.18 Å². The van der Waals surface area contributed by atoms with Crippen molar-refractivity contribution in [1.29, 1.82) is 5.26 Å². The summed E-state index contributed by atoms with van der Waals surface area (Å²) in [5, 5.41) is 9.08. The summed E-state index contributed by atoms with van der Waals surface area (Å²) in [5.41, 5.74) is 5.42. The second kappa shape index (κ2) is 9.55. The molecular weight excluding hydrogens is 373 g/mol. The van der Waals surface area contributed by atoms with Gasteiger partial charge in [-0.25, -0.2) is 0 Å². The summed E-state index contributed by atoms with van der Waals surface area (Å²) in [5.74, 6) is -1.37. The molecule has 28 heavy (non-hydrogen) atoms. The maximum atomic E-state index is 13.9. The van der Waals surface area contributed by atoms with Crippen molar-refractivity contribution in [3.63, 3.8) is 0 Å². The Morgan fingerprint density at radius 2 is 1.71 bits per heavy atom. The highest BCUT2D eigenvalue weighted by Crippen LogP contribution is 2.39. The van der Waals surface area contributed by atoms with Gasteiger partial charge in [-0.2, -0.15) is 18.4 Å². The number of hydrogen-bond acceptors (Lipinski definition) is 4. The highest BCUT2D eigenvalue weighted by molar-refractivity contribution is 5.93. The molecule has 0 saturated heterocycles. The van der Waals surface area contributed by atoms with E-state index in [1.165, 1.54) is 43.3 Å². The lowest BCUT2D eigenvalue weighted by molar-refractivity contribution is -0.192. The Kier molecular flexibility index (Phi) is 8.00. The van der Waals surface area contributed by atoms with Gasteiger partial charge in [0.15, 0.2) is 0 Å². The van der Waals surface area contributed by atoms with Gasteiger partial charge in [0.05, 0.1) is 18.7 Å². The first kappa shape index (κ1) is 23.4. The van der Waals surface area contributed by atoms with Crippen LogP contribution in [0.5, 0.6) is 0 Å². The summed E-state index contributed by atoms with van der Waals surface area (Å²) in [7, 11) is 3.07. The summed E-state index contributed by atoms with van der Waals surface area (Å²) in [6.07, 6.45) is -4.67. The standard InChI is InChI=1S/C19H25F3N4O2/c1-12(2)11-15(17(24)27)26(10-9-23)16(19(20,21)22)13-5-7-14(8-6-13)18(28)25(3)4/h5-8,12,15-16H,10-11H2,1-4H3,(H2,24,27)/t15-,16?/m0/s1. The predicted octanol–water partition coefficient (Wildman–Crippen LogP) is 2.72. The number of nitrogens with zero attached hydrogens (tertiary/aromatic N) is 3. The lowest BCUT2D eigenvalue weighted by Crippen LogP contribution is -2.51. The highest BCUT2D eigenvalue weighted by atomic mass is 19.4. The van der Waals surface area contributed by atoms with Crippen LogP contribution in [0, 0.1) is 17.2 Å². The van der Waals surface area contributed by atoms with E-state index in [9.17, 15) is 22.8 Å². The van der Waals surface area contributed by atoms with Crippen LogP contribution in [0.15, 0.2) is 24.3 Å². The molecule has 0 heterocycles. The largest absolute Gasteiger partial charge is 0.408 e. The number of benzene rings is 1. The first-order valence-corrected chi connectivity index (χ1v) is 8.70. The Bertz CT molecular complexity index is 724. The summed E-state index contributed by atoms with van der Waals surface area (Å²) in [6, 6.07) is 3.21. The van der Waals surface area contributed by atoms with Crippen LogP contribution >= 0.6 is 0 Å². The van der Waals surface area contributed by atoms with Crippen molar-refractivity contribution in [2.75, 3.05) is 20.6 Å². The van der Waals surface area contributed by atoms with Crippen molar-refractivity contribution < 1.29 is 22.8 Å². The molecule has 2 atom stereocenters. The zero-order chi connectivity index (χ0) is 21.6. The molecule has 1 aromatic rings. The monoisotopic (exact) mass is 398 g/mol. The maximum Gasteiger partial charge on any atom is 0.408 e. The number of carbonyl (C=O) groups is 2. The predicted molar refractivity (Wildman–Crippen MR) is 98.0 cm³/mol. The molecule has 1 unspecified atom stereocenters. The minimum Gasteiger partial charge on any atom is -0.368 e. The van der Waals surface area contributed by atoms with E-state index in [-0.39, 0.29) is 29.4 Å². The lowest BCUT2D eigenvalue weighted by Gasteiger charge is -2.37. The normalized spacial score (nSPS) is 13.9. The minimum absolute atomic E-state index is 0.0841. The quantitative estimate of drug-likeness (QED) is 0.682. The van der Waals surface area contributed by atoms with Crippen molar-refractivity contribution in [3.05, 3.63) is 35.4 Å². The van der Waals surface area contributed by atoms with Gasteiger partial charge in [0.2, 0.25) is 5.91 Å². The molecule has 0 radical (unpaired) electrons. The topological polar surface area (TPSA) is 90.4 Å². The van der Waals surface area contributed by atoms with Gasteiger partial charge in [0, 0.05) is 19.7 Å². The average Bonchev–Trinajstić information content (AvgIpc) is 2.57. The Labute approximate surface area is 162 Å². The van der Waals surface area contributed by atoms with Gasteiger partial charge in [-0.3, -0.25) is 14.5 Å². The SMILES string of the molecule is CC(C)C[C@@H](C(N)=O)N(CC#N)C(c1ccc(C(=O)N(C)C)cc1)C(F)(F)F. The summed E-state index contributed by atoms with van der Waals surface area (Å²) < 4.78 is 41.8. The molecular formula is C19H25F3N4O2. The smallest absolute Gasteiger partial charge is 0.368 e. The number of primary amides is 1. The molecule has 0 aliphatic heterocycles. The second-order valence-corrected chi connectivity index (χ2v) is 7.14. The van der Waals surface area contributed by atoms with E-state index in [0.717, 1.165) is 4.90 Å². The van der Waals surface area contributed by atoms with E-state index in [2.05, 4.69) is 0 Å². The third-order valence-corrected chi connectivity index (χ3v) is 4.20. The first-order valence-electron chi connectivity index (χ1n) is 8.70. The third-order valence-electron chi connectivity index (χ3n) is 4.20. The number of amides is 2. The second-order valence-electron chi connectivity index (χ2n) is 7.14. The molecule has 2 amide bonds. The molecule has 0 saturated carbocycles. The molecule has 0 aromatic heterocycles. The van der Waals surface area contributed by atoms with E-state index in [0.29, 0.717) is 0 Å². The molecule has 0 spiro atoms. The number of rotatable bonds is 8. The minimum atomic E-state index is -4.76. The number of nitrogens with two attached hydrogens (primary N) is 1. The van der Waals surface area contributed by atoms with Crippen molar-refractivity contribution in [2.24, 2.45) is 11.7 Å². The molecule has 1 aromatic carbocycles. The number of nitriles is 1. The van der Waals surface area contributed by atoms with Crippen molar-refractivity contribution in [1.82, 2.24) is 9.80 Å². The molecule has 0 aliphatic carbocycles. The number of carbonyl (C=O) groups excluding carboxylic acids is 2. The van der Waals surface area contributed by atoms with Gasteiger partial charge in [-0.15, -0.1) is 0 Å². The Morgan fingerprint density at radius 1 is 1.18 bits per heavy atom. The van der Waals surface area contributed by atoms with Crippen LogP contribution in [0.1, 0.15) is 42.2 Å². The number of hydrogen-bond donors (Lipinski definition) is 1. The molecule has 6 nitrogen and oxygen atoms in total. The van der Waals surface area contributed by atoms with Crippen LogP contribution in [0.4, 0.5) is 13.2 Å². The number of alkyl halides is 3. The molecule has 9 heteroatoms. The average molecular weight is 398 g/mol. The van der Waals surface area contributed by atoms with Crippen LogP contribution in [0.25, 0.3) is 0 Å². The molecule has 0 fully saturated rings. The van der Waals surface area contributed by atoms with E-state index in [1.54, 1.807) is 19.9 Å².